The van der Waals surface area contributed by atoms with Crippen LogP contribution < -0.4 is 4.74 Å². The number of rotatable bonds is 3. The van der Waals surface area contributed by atoms with Crippen LogP contribution >= 0.6 is 0 Å². The molecule has 1 aromatic rings. The first-order valence-electron chi connectivity index (χ1n) is 7.49. The first kappa shape index (κ1) is 14.4. The SMILES string of the molecule is COc1cccc(C(=O)N(C)C2C3CCOC3C2(C)C)c1. The van der Waals surface area contributed by atoms with Crippen LogP contribution in [0.5, 0.6) is 5.75 Å². The molecular formula is C17H23NO3. The Balaban J connectivity index is 1.81. The number of amides is 1. The third kappa shape index (κ3) is 2.13. The van der Waals surface area contributed by atoms with Gasteiger partial charge in [-0.2, -0.15) is 0 Å². The number of nitrogens with zero attached hydrogens (tertiary/aromatic N) is 1. The first-order chi connectivity index (χ1) is 9.96. The van der Waals surface area contributed by atoms with Crippen molar-refractivity contribution < 1.29 is 14.3 Å². The van der Waals surface area contributed by atoms with Crippen molar-refractivity contribution in [3.63, 3.8) is 0 Å². The molecule has 3 atom stereocenters. The lowest BCUT2D eigenvalue weighted by Crippen LogP contribution is -2.66. The number of methoxy groups -OCH3 is 1. The number of benzene rings is 1. The van der Waals surface area contributed by atoms with Crippen molar-refractivity contribution in [1.29, 1.82) is 0 Å². The second kappa shape index (κ2) is 5.02. The Morgan fingerprint density at radius 2 is 2.19 bits per heavy atom. The maximum atomic E-state index is 12.8. The van der Waals surface area contributed by atoms with Crippen LogP contribution in [0.2, 0.25) is 0 Å². The molecule has 21 heavy (non-hydrogen) atoms. The zero-order valence-corrected chi connectivity index (χ0v) is 13.1. The smallest absolute Gasteiger partial charge is 0.254 e. The summed E-state index contributed by atoms with van der Waals surface area (Å²) in [6, 6.07) is 7.59. The standard InChI is InChI=1S/C17H23NO3/c1-17(2)14(13-8-9-21-15(13)17)18(3)16(19)11-6-5-7-12(10-11)20-4/h5-7,10,13-15H,8-9H2,1-4H3. The molecule has 4 heteroatoms. The van der Waals surface area contributed by atoms with Gasteiger partial charge in [-0.3, -0.25) is 4.79 Å². The van der Waals surface area contributed by atoms with Crippen LogP contribution in [0.4, 0.5) is 0 Å². The van der Waals surface area contributed by atoms with E-state index in [-0.39, 0.29) is 17.4 Å². The number of carbonyl (C=O) groups is 1. The average Bonchev–Trinajstić information content (AvgIpc) is 2.92. The van der Waals surface area contributed by atoms with E-state index in [2.05, 4.69) is 13.8 Å². The molecule has 3 unspecified atom stereocenters. The normalized spacial score (nSPS) is 29.4. The van der Waals surface area contributed by atoms with Crippen molar-refractivity contribution in [2.75, 3.05) is 20.8 Å². The molecule has 1 aliphatic carbocycles. The van der Waals surface area contributed by atoms with Gasteiger partial charge in [0.1, 0.15) is 5.75 Å². The number of ether oxygens (including phenoxy) is 2. The summed E-state index contributed by atoms with van der Waals surface area (Å²) in [5.74, 6) is 1.24. The van der Waals surface area contributed by atoms with Gasteiger partial charge >= 0.3 is 0 Å². The number of hydrogen-bond donors (Lipinski definition) is 0. The quantitative estimate of drug-likeness (QED) is 0.858. The van der Waals surface area contributed by atoms with Crippen LogP contribution in [0.25, 0.3) is 0 Å². The average molecular weight is 289 g/mol. The van der Waals surface area contributed by atoms with Gasteiger partial charge in [0, 0.05) is 36.6 Å². The Kier molecular flexibility index (Phi) is 3.44. The third-order valence-corrected chi connectivity index (χ3v) is 5.09. The maximum absolute atomic E-state index is 12.8. The summed E-state index contributed by atoms with van der Waals surface area (Å²) in [7, 11) is 3.52. The fourth-order valence-corrected chi connectivity index (χ4v) is 4.17. The fraction of sp³-hybridized carbons (Fsp3) is 0.588. The fourth-order valence-electron chi connectivity index (χ4n) is 4.17. The van der Waals surface area contributed by atoms with Gasteiger partial charge in [-0.05, 0) is 24.6 Å². The minimum atomic E-state index is 0.0183. The molecule has 114 valence electrons. The van der Waals surface area contributed by atoms with Crippen LogP contribution in [0.3, 0.4) is 0 Å². The molecule has 1 saturated heterocycles. The number of carbonyl (C=O) groups excluding carboxylic acids is 1. The highest BCUT2D eigenvalue weighted by molar-refractivity contribution is 5.94. The molecule has 2 aliphatic rings. The van der Waals surface area contributed by atoms with E-state index in [4.69, 9.17) is 9.47 Å². The Morgan fingerprint density at radius 3 is 2.90 bits per heavy atom. The van der Waals surface area contributed by atoms with E-state index in [1.165, 1.54) is 0 Å². The van der Waals surface area contributed by atoms with E-state index in [1.807, 2.05) is 30.1 Å². The van der Waals surface area contributed by atoms with Gasteiger partial charge in [0.2, 0.25) is 0 Å². The second-order valence-corrected chi connectivity index (χ2v) is 6.66. The van der Waals surface area contributed by atoms with E-state index < -0.39 is 0 Å². The van der Waals surface area contributed by atoms with Crippen molar-refractivity contribution in [3.05, 3.63) is 29.8 Å². The summed E-state index contributed by atoms with van der Waals surface area (Å²) in [6.07, 6.45) is 1.34. The van der Waals surface area contributed by atoms with Gasteiger partial charge in [-0.1, -0.05) is 19.9 Å². The molecule has 0 N–H and O–H groups in total. The van der Waals surface area contributed by atoms with Gasteiger partial charge in [-0.15, -0.1) is 0 Å². The zero-order valence-electron chi connectivity index (χ0n) is 13.1. The Labute approximate surface area is 126 Å². The van der Waals surface area contributed by atoms with Gasteiger partial charge in [0.15, 0.2) is 0 Å². The summed E-state index contributed by atoms with van der Waals surface area (Å²) in [5, 5.41) is 0. The van der Waals surface area contributed by atoms with Crippen LogP contribution in [0.1, 0.15) is 30.6 Å². The summed E-state index contributed by atoms with van der Waals surface area (Å²) < 4.78 is 11.0. The molecule has 4 nitrogen and oxygen atoms in total. The first-order valence-corrected chi connectivity index (χ1v) is 7.49. The molecule has 1 aromatic carbocycles. The molecular weight excluding hydrogens is 266 g/mol. The highest BCUT2D eigenvalue weighted by Crippen LogP contribution is 2.54. The lowest BCUT2D eigenvalue weighted by atomic mass is 9.56. The summed E-state index contributed by atoms with van der Waals surface area (Å²) in [6.45, 7) is 5.20. The van der Waals surface area contributed by atoms with E-state index in [0.29, 0.717) is 23.3 Å². The van der Waals surface area contributed by atoms with E-state index >= 15 is 0 Å². The minimum Gasteiger partial charge on any atom is -0.497 e. The summed E-state index contributed by atoms with van der Waals surface area (Å²) in [5.41, 5.74) is 0.694. The maximum Gasteiger partial charge on any atom is 0.254 e. The van der Waals surface area contributed by atoms with E-state index in [0.717, 1.165) is 13.0 Å². The topological polar surface area (TPSA) is 38.8 Å². The summed E-state index contributed by atoms with van der Waals surface area (Å²) >= 11 is 0. The Hall–Kier alpha value is -1.55. The Bertz CT molecular complexity index is 555. The molecule has 1 amide bonds. The van der Waals surface area contributed by atoms with Crippen LogP contribution in [-0.4, -0.2) is 43.7 Å². The lowest BCUT2D eigenvalue weighted by molar-refractivity contribution is -0.139. The predicted molar refractivity (Wildman–Crippen MR) is 80.5 cm³/mol. The van der Waals surface area contributed by atoms with Gasteiger partial charge in [0.05, 0.1) is 13.2 Å². The van der Waals surface area contributed by atoms with Gasteiger partial charge in [0.25, 0.3) is 5.91 Å². The molecule has 0 spiro atoms. The van der Waals surface area contributed by atoms with Crippen LogP contribution in [-0.2, 0) is 4.74 Å². The minimum absolute atomic E-state index is 0.0183. The molecule has 2 fully saturated rings. The number of fused-ring (bicyclic) bond motifs is 1. The molecule has 1 saturated carbocycles. The highest BCUT2D eigenvalue weighted by atomic mass is 16.5. The van der Waals surface area contributed by atoms with Gasteiger partial charge < -0.3 is 14.4 Å². The lowest BCUT2D eigenvalue weighted by Gasteiger charge is -2.57. The highest BCUT2D eigenvalue weighted by Gasteiger charge is 2.61. The molecule has 0 aromatic heterocycles. The molecule has 0 bridgehead atoms. The van der Waals surface area contributed by atoms with Crippen molar-refractivity contribution in [2.24, 2.45) is 11.3 Å². The van der Waals surface area contributed by atoms with Crippen LogP contribution in [0, 0.1) is 11.3 Å². The Morgan fingerprint density at radius 1 is 1.43 bits per heavy atom. The van der Waals surface area contributed by atoms with Crippen molar-refractivity contribution in [3.8, 4) is 5.75 Å². The van der Waals surface area contributed by atoms with Crippen molar-refractivity contribution in [1.82, 2.24) is 4.90 Å². The molecule has 0 radical (unpaired) electrons. The van der Waals surface area contributed by atoms with E-state index in [9.17, 15) is 4.79 Å². The summed E-state index contributed by atoms with van der Waals surface area (Å²) in [4.78, 5) is 14.6. The predicted octanol–water partition coefficient (Wildman–Crippen LogP) is 2.58. The van der Waals surface area contributed by atoms with Crippen molar-refractivity contribution >= 4 is 5.91 Å². The molecule has 3 rings (SSSR count). The molecule has 1 aliphatic heterocycles. The van der Waals surface area contributed by atoms with Crippen molar-refractivity contribution in [2.45, 2.75) is 32.4 Å². The monoisotopic (exact) mass is 289 g/mol. The van der Waals surface area contributed by atoms with Crippen LogP contribution in [0.15, 0.2) is 24.3 Å². The van der Waals surface area contributed by atoms with E-state index in [1.54, 1.807) is 13.2 Å². The third-order valence-electron chi connectivity index (χ3n) is 5.09. The van der Waals surface area contributed by atoms with Gasteiger partial charge in [-0.25, -0.2) is 0 Å². The zero-order chi connectivity index (χ0) is 15.2. The number of hydrogen-bond acceptors (Lipinski definition) is 3. The largest absolute Gasteiger partial charge is 0.497 e. The second-order valence-electron chi connectivity index (χ2n) is 6.66. The molecule has 1 heterocycles.